The van der Waals surface area contributed by atoms with Crippen LogP contribution in [0.3, 0.4) is 0 Å². The van der Waals surface area contributed by atoms with Gasteiger partial charge in [-0.3, -0.25) is 0 Å². The predicted molar refractivity (Wildman–Crippen MR) is 73.0 cm³/mol. The van der Waals surface area contributed by atoms with Gasteiger partial charge in [-0.1, -0.05) is 27.2 Å². The van der Waals surface area contributed by atoms with Crippen LogP contribution in [0, 0.1) is 0 Å². The molecule has 6 heteroatoms. The smallest absolute Gasteiger partial charge is 0.326 e. The van der Waals surface area contributed by atoms with E-state index in [0.29, 0.717) is 12.8 Å². The molecule has 1 unspecified atom stereocenters. The number of aliphatic carboxylic acids is 1. The summed E-state index contributed by atoms with van der Waals surface area (Å²) < 4.78 is 0. The number of nitrogens with zero attached hydrogens (tertiary/aromatic N) is 1. The van der Waals surface area contributed by atoms with Crippen LogP contribution in [0.5, 0.6) is 0 Å². The Morgan fingerprint density at radius 3 is 2.16 bits per heavy atom. The molecule has 0 radical (unpaired) electrons. The van der Waals surface area contributed by atoms with Crippen LogP contribution in [0.1, 0.15) is 46.5 Å². The Hall–Kier alpha value is -1.30. The molecule has 1 atom stereocenters. The van der Waals surface area contributed by atoms with E-state index in [-0.39, 0.29) is 19.2 Å². The number of urea groups is 1. The lowest BCUT2D eigenvalue weighted by molar-refractivity contribution is -0.139. The number of carboxylic acids is 1. The second-order valence-electron chi connectivity index (χ2n) is 4.52. The summed E-state index contributed by atoms with van der Waals surface area (Å²) >= 11 is 0. The number of hydrogen-bond donors (Lipinski definition) is 3. The maximum Gasteiger partial charge on any atom is 0.326 e. The predicted octanol–water partition coefficient (Wildman–Crippen LogP) is 1.43. The van der Waals surface area contributed by atoms with Gasteiger partial charge in [-0.2, -0.15) is 0 Å². The van der Waals surface area contributed by atoms with Gasteiger partial charge in [0, 0.05) is 12.6 Å². The lowest BCUT2D eigenvalue weighted by Crippen LogP contribution is -2.52. The number of rotatable bonds is 9. The fourth-order valence-corrected chi connectivity index (χ4v) is 2.07. The number of carbonyl (C=O) groups is 2. The Morgan fingerprint density at radius 2 is 1.79 bits per heavy atom. The minimum atomic E-state index is -1.02. The second-order valence-corrected chi connectivity index (χ2v) is 4.52. The molecule has 0 saturated carbocycles. The highest BCUT2D eigenvalue weighted by Crippen LogP contribution is 2.09. The first-order valence-corrected chi connectivity index (χ1v) is 6.92. The molecule has 2 amide bonds. The van der Waals surface area contributed by atoms with Crippen LogP contribution in [-0.2, 0) is 4.79 Å². The van der Waals surface area contributed by atoms with E-state index in [0.717, 1.165) is 12.8 Å². The van der Waals surface area contributed by atoms with E-state index in [1.807, 2.05) is 20.8 Å². The number of aliphatic hydroxyl groups is 1. The number of aliphatic hydroxyl groups excluding tert-OH is 1. The molecule has 0 fully saturated rings. The molecule has 0 rings (SSSR count). The molecule has 0 aliphatic carbocycles. The van der Waals surface area contributed by atoms with Gasteiger partial charge in [0.25, 0.3) is 0 Å². The third-order valence-electron chi connectivity index (χ3n) is 3.16. The average Bonchev–Trinajstić information content (AvgIpc) is 2.38. The van der Waals surface area contributed by atoms with Crippen LogP contribution in [-0.4, -0.2) is 52.3 Å². The van der Waals surface area contributed by atoms with E-state index in [4.69, 9.17) is 10.2 Å². The molecule has 19 heavy (non-hydrogen) atoms. The minimum Gasteiger partial charge on any atom is -0.480 e. The molecule has 0 bridgehead atoms. The van der Waals surface area contributed by atoms with Gasteiger partial charge in [-0.15, -0.1) is 0 Å². The van der Waals surface area contributed by atoms with Crippen molar-refractivity contribution in [1.82, 2.24) is 10.2 Å². The number of nitrogens with one attached hydrogen (secondary N) is 1. The van der Waals surface area contributed by atoms with E-state index in [1.165, 1.54) is 4.90 Å². The molecule has 0 aromatic rings. The first-order chi connectivity index (χ1) is 9.01. The zero-order chi connectivity index (χ0) is 14.8. The van der Waals surface area contributed by atoms with Crippen molar-refractivity contribution < 1.29 is 19.8 Å². The Kier molecular flexibility index (Phi) is 8.95. The van der Waals surface area contributed by atoms with Gasteiger partial charge in [0.15, 0.2) is 0 Å². The van der Waals surface area contributed by atoms with Crippen LogP contribution in [0.15, 0.2) is 0 Å². The molecule has 0 heterocycles. The van der Waals surface area contributed by atoms with Crippen molar-refractivity contribution >= 4 is 12.0 Å². The third-order valence-corrected chi connectivity index (χ3v) is 3.16. The van der Waals surface area contributed by atoms with Crippen molar-refractivity contribution in [3.63, 3.8) is 0 Å². The zero-order valence-corrected chi connectivity index (χ0v) is 12.1. The second kappa shape index (κ2) is 9.61. The summed E-state index contributed by atoms with van der Waals surface area (Å²) in [6.07, 6.45) is 2.63. The lowest BCUT2D eigenvalue weighted by atomic mass is 10.1. The summed E-state index contributed by atoms with van der Waals surface area (Å²) in [5, 5.41) is 20.6. The maximum atomic E-state index is 12.1. The monoisotopic (exact) mass is 274 g/mol. The van der Waals surface area contributed by atoms with Gasteiger partial charge in [0.05, 0.1) is 6.61 Å². The van der Waals surface area contributed by atoms with Gasteiger partial charge < -0.3 is 20.4 Å². The van der Waals surface area contributed by atoms with E-state index >= 15 is 0 Å². The lowest BCUT2D eigenvalue weighted by Gasteiger charge is -2.31. The summed E-state index contributed by atoms with van der Waals surface area (Å²) in [5.74, 6) is -1.02. The van der Waals surface area contributed by atoms with E-state index in [9.17, 15) is 9.59 Å². The molecule has 0 saturated heterocycles. The summed E-state index contributed by atoms with van der Waals surface area (Å²) in [5.41, 5.74) is 0. The number of amides is 2. The van der Waals surface area contributed by atoms with Gasteiger partial charge in [-0.25, -0.2) is 9.59 Å². The summed E-state index contributed by atoms with van der Waals surface area (Å²) in [4.78, 5) is 24.7. The van der Waals surface area contributed by atoms with E-state index < -0.39 is 18.0 Å². The summed E-state index contributed by atoms with van der Waals surface area (Å²) in [7, 11) is 0. The first kappa shape index (κ1) is 17.7. The van der Waals surface area contributed by atoms with Crippen LogP contribution in [0.4, 0.5) is 4.79 Å². The highest BCUT2D eigenvalue weighted by molar-refractivity contribution is 5.82. The molecule has 0 aliphatic rings. The molecule has 0 aromatic heterocycles. The fourth-order valence-electron chi connectivity index (χ4n) is 2.07. The standard InChI is InChI=1S/C13H26N2O4/c1-4-7-11(12(17)18)14-13(19)15(8-9-16)10(5-2)6-3/h10-11,16H,4-9H2,1-3H3,(H,14,19)(H,17,18). The Morgan fingerprint density at radius 1 is 1.21 bits per heavy atom. The average molecular weight is 274 g/mol. The molecule has 6 nitrogen and oxygen atoms in total. The topological polar surface area (TPSA) is 89.9 Å². The van der Waals surface area contributed by atoms with Gasteiger partial charge in [0.1, 0.15) is 6.04 Å². The van der Waals surface area contributed by atoms with Crippen LogP contribution < -0.4 is 5.32 Å². The quantitative estimate of drug-likeness (QED) is 0.593. The molecule has 112 valence electrons. The van der Waals surface area contributed by atoms with E-state index in [2.05, 4.69) is 5.32 Å². The number of carboxylic acid groups (broad SMARTS) is 1. The van der Waals surface area contributed by atoms with Gasteiger partial charge >= 0.3 is 12.0 Å². The normalized spacial score (nSPS) is 12.3. The van der Waals surface area contributed by atoms with Crippen molar-refractivity contribution in [3.05, 3.63) is 0 Å². The number of hydrogen-bond acceptors (Lipinski definition) is 3. The Bertz CT molecular complexity index is 280. The van der Waals surface area contributed by atoms with Gasteiger partial charge in [0.2, 0.25) is 0 Å². The SMILES string of the molecule is CCCC(NC(=O)N(CCO)C(CC)CC)C(=O)O. The molecule has 3 N–H and O–H groups in total. The van der Waals surface area contributed by atoms with Crippen molar-refractivity contribution in [2.24, 2.45) is 0 Å². The van der Waals surface area contributed by atoms with Crippen molar-refractivity contribution in [3.8, 4) is 0 Å². The van der Waals surface area contributed by atoms with Gasteiger partial charge in [-0.05, 0) is 19.3 Å². The first-order valence-electron chi connectivity index (χ1n) is 6.92. The zero-order valence-electron chi connectivity index (χ0n) is 12.1. The third kappa shape index (κ3) is 5.92. The molecule has 0 spiro atoms. The minimum absolute atomic E-state index is 0.0169. The number of carbonyl (C=O) groups excluding carboxylic acids is 1. The maximum absolute atomic E-state index is 12.1. The Balaban J connectivity index is 4.74. The largest absolute Gasteiger partial charge is 0.480 e. The highest BCUT2D eigenvalue weighted by atomic mass is 16.4. The van der Waals surface area contributed by atoms with E-state index in [1.54, 1.807) is 0 Å². The highest BCUT2D eigenvalue weighted by Gasteiger charge is 2.25. The Labute approximate surface area is 114 Å². The molecular formula is C13H26N2O4. The molecule has 0 aliphatic heterocycles. The van der Waals surface area contributed by atoms with Crippen molar-refractivity contribution in [2.75, 3.05) is 13.2 Å². The van der Waals surface area contributed by atoms with Crippen molar-refractivity contribution in [2.45, 2.75) is 58.5 Å². The molecular weight excluding hydrogens is 248 g/mol. The van der Waals surface area contributed by atoms with Crippen LogP contribution in [0.25, 0.3) is 0 Å². The van der Waals surface area contributed by atoms with Crippen molar-refractivity contribution in [1.29, 1.82) is 0 Å². The molecule has 0 aromatic carbocycles. The fraction of sp³-hybridized carbons (Fsp3) is 0.846. The summed E-state index contributed by atoms with van der Waals surface area (Å²) in [6.45, 7) is 5.89. The summed E-state index contributed by atoms with van der Waals surface area (Å²) in [6, 6.07) is -1.26. The van der Waals surface area contributed by atoms with Crippen LogP contribution in [0.2, 0.25) is 0 Å². The van der Waals surface area contributed by atoms with Crippen LogP contribution >= 0.6 is 0 Å².